The van der Waals surface area contributed by atoms with Crippen molar-refractivity contribution in [2.45, 2.75) is 45.1 Å². The molecule has 1 atom stereocenters. The van der Waals surface area contributed by atoms with Crippen LogP contribution in [0.15, 0.2) is 30.3 Å². The molecule has 1 aliphatic carbocycles. The number of rotatable bonds is 5. The Morgan fingerprint density at radius 1 is 1.25 bits per heavy atom. The minimum absolute atomic E-state index is 0.618. The molecule has 0 radical (unpaired) electrons. The van der Waals surface area contributed by atoms with Crippen molar-refractivity contribution in [3.05, 3.63) is 35.9 Å². The van der Waals surface area contributed by atoms with E-state index in [1.54, 1.807) is 0 Å². The fourth-order valence-electron chi connectivity index (χ4n) is 3.53. The van der Waals surface area contributed by atoms with Gasteiger partial charge >= 0.3 is 0 Å². The van der Waals surface area contributed by atoms with Gasteiger partial charge in [-0.25, -0.2) is 0 Å². The van der Waals surface area contributed by atoms with Gasteiger partial charge in [-0.1, -0.05) is 37.3 Å². The van der Waals surface area contributed by atoms with Crippen LogP contribution < -0.4 is 5.32 Å². The maximum Gasteiger partial charge on any atom is 0.0235 e. The number of nitrogens with zero attached hydrogens (tertiary/aromatic N) is 1. The van der Waals surface area contributed by atoms with Gasteiger partial charge in [-0.2, -0.15) is 0 Å². The van der Waals surface area contributed by atoms with Crippen LogP contribution >= 0.6 is 0 Å². The smallest absolute Gasteiger partial charge is 0.0235 e. The molecule has 1 saturated carbocycles. The Hall–Kier alpha value is -0.860. The molecule has 3 rings (SSSR count). The van der Waals surface area contributed by atoms with Crippen LogP contribution in [0.5, 0.6) is 0 Å². The first kappa shape index (κ1) is 14.1. The lowest BCUT2D eigenvalue weighted by Crippen LogP contribution is -2.41. The quantitative estimate of drug-likeness (QED) is 0.886. The van der Waals surface area contributed by atoms with Crippen LogP contribution in [0.25, 0.3) is 0 Å². The van der Waals surface area contributed by atoms with Gasteiger partial charge in [0, 0.05) is 19.1 Å². The minimum Gasteiger partial charge on any atom is -0.312 e. The van der Waals surface area contributed by atoms with Crippen LogP contribution in [-0.4, -0.2) is 37.1 Å². The molecule has 2 heteroatoms. The Bertz CT molecular complexity index is 411. The van der Waals surface area contributed by atoms with E-state index in [0.717, 1.165) is 6.42 Å². The molecular weight excluding hydrogens is 244 g/mol. The first-order chi connectivity index (χ1) is 9.80. The van der Waals surface area contributed by atoms with Gasteiger partial charge in [0.1, 0.15) is 0 Å². The number of benzene rings is 1. The van der Waals surface area contributed by atoms with Gasteiger partial charge in [-0.3, -0.25) is 0 Å². The molecule has 1 unspecified atom stereocenters. The van der Waals surface area contributed by atoms with E-state index in [9.17, 15) is 0 Å². The summed E-state index contributed by atoms with van der Waals surface area (Å²) in [5.74, 6) is 0. The normalized spacial score (nSPS) is 26.1. The Kier molecular flexibility index (Phi) is 4.42. The summed E-state index contributed by atoms with van der Waals surface area (Å²) >= 11 is 0. The third kappa shape index (κ3) is 3.62. The standard InChI is InChI=1S/C18H28N2/c1-2-18(9-10-18)15-20-12-6-11-19-17(14-20)13-16-7-4-3-5-8-16/h3-5,7-8,17,19H,2,6,9-15H2,1H3. The summed E-state index contributed by atoms with van der Waals surface area (Å²) in [6.45, 7) is 7.37. The van der Waals surface area contributed by atoms with Crippen molar-refractivity contribution in [3.8, 4) is 0 Å². The van der Waals surface area contributed by atoms with E-state index in [-0.39, 0.29) is 0 Å². The fraction of sp³-hybridized carbons (Fsp3) is 0.667. The second-order valence-electron chi connectivity index (χ2n) is 6.78. The van der Waals surface area contributed by atoms with Crippen molar-refractivity contribution in [1.29, 1.82) is 0 Å². The monoisotopic (exact) mass is 272 g/mol. The second-order valence-corrected chi connectivity index (χ2v) is 6.78. The van der Waals surface area contributed by atoms with E-state index in [2.05, 4.69) is 47.5 Å². The number of hydrogen-bond acceptors (Lipinski definition) is 2. The zero-order valence-corrected chi connectivity index (χ0v) is 12.8. The average molecular weight is 272 g/mol. The fourth-order valence-corrected chi connectivity index (χ4v) is 3.53. The van der Waals surface area contributed by atoms with Crippen molar-refractivity contribution in [2.24, 2.45) is 5.41 Å². The van der Waals surface area contributed by atoms with Gasteiger partial charge in [0.25, 0.3) is 0 Å². The molecule has 1 aromatic carbocycles. The van der Waals surface area contributed by atoms with Crippen LogP contribution in [0.4, 0.5) is 0 Å². The molecule has 1 N–H and O–H groups in total. The van der Waals surface area contributed by atoms with Gasteiger partial charge in [0.05, 0.1) is 0 Å². The molecule has 0 spiro atoms. The van der Waals surface area contributed by atoms with E-state index in [1.807, 2.05) is 0 Å². The molecule has 110 valence electrons. The topological polar surface area (TPSA) is 15.3 Å². The lowest BCUT2D eigenvalue weighted by molar-refractivity contribution is 0.211. The second kappa shape index (κ2) is 6.28. The molecule has 0 bridgehead atoms. The minimum atomic E-state index is 0.618. The molecule has 1 heterocycles. The number of hydrogen-bond donors (Lipinski definition) is 1. The predicted molar refractivity (Wildman–Crippen MR) is 85.0 cm³/mol. The Morgan fingerprint density at radius 2 is 2.05 bits per heavy atom. The van der Waals surface area contributed by atoms with Gasteiger partial charge in [0.15, 0.2) is 0 Å². The van der Waals surface area contributed by atoms with Crippen LogP contribution in [0.2, 0.25) is 0 Å². The zero-order valence-electron chi connectivity index (χ0n) is 12.8. The number of nitrogens with one attached hydrogen (secondary N) is 1. The summed E-state index contributed by atoms with van der Waals surface area (Å²) in [6, 6.07) is 11.5. The van der Waals surface area contributed by atoms with Crippen LogP contribution in [-0.2, 0) is 6.42 Å². The van der Waals surface area contributed by atoms with Gasteiger partial charge in [0.2, 0.25) is 0 Å². The Morgan fingerprint density at radius 3 is 2.75 bits per heavy atom. The lowest BCUT2D eigenvalue weighted by Gasteiger charge is -2.28. The van der Waals surface area contributed by atoms with Crippen LogP contribution in [0.3, 0.4) is 0 Å². The highest BCUT2D eigenvalue weighted by atomic mass is 15.2. The summed E-state index contributed by atoms with van der Waals surface area (Å²) in [6.07, 6.45) is 6.73. The molecule has 2 nitrogen and oxygen atoms in total. The van der Waals surface area contributed by atoms with E-state index in [4.69, 9.17) is 0 Å². The summed E-state index contributed by atoms with van der Waals surface area (Å²) < 4.78 is 0. The highest BCUT2D eigenvalue weighted by Gasteiger charge is 2.42. The van der Waals surface area contributed by atoms with Crippen LogP contribution in [0, 0.1) is 5.41 Å². The third-order valence-corrected chi connectivity index (χ3v) is 5.15. The van der Waals surface area contributed by atoms with Crippen molar-refractivity contribution in [2.75, 3.05) is 26.2 Å². The summed E-state index contributed by atoms with van der Waals surface area (Å²) in [5, 5.41) is 3.74. The van der Waals surface area contributed by atoms with E-state index in [0.29, 0.717) is 11.5 Å². The molecule has 20 heavy (non-hydrogen) atoms. The highest BCUT2D eigenvalue weighted by Crippen LogP contribution is 2.49. The first-order valence-electron chi connectivity index (χ1n) is 8.29. The van der Waals surface area contributed by atoms with Crippen molar-refractivity contribution in [1.82, 2.24) is 10.2 Å². The molecule has 1 aromatic rings. The molecule has 0 aromatic heterocycles. The largest absolute Gasteiger partial charge is 0.312 e. The first-order valence-corrected chi connectivity index (χ1v) is 8.29. The van der Waals surface area contributed by atoms with Gasteiger partial charge < -0.3 is 10.2 Å². The maximum atomic E-state index is 3.74. The lowest BCUT2D eigenvalue weighted by atomic mass is 10.0. The molecule has 1 saturated heterocycles. The third-order valence-electron chi connectivity index (χ3n) is 5.15. The van der Waals surface area contributed by atoms with Gasteiger partial charge in [-0.15, -0.1) is 0 Å². The Balaban J connectivity index is 1.57. The highest BCUT2D eigenvalue weighted by molar-refractivity contribution is 5.16. The molecule has 2 fully saturated rings. The molecule has 2 aliphatic rings. The summed E-state index contributed by atoms with van der Waals surface area (Å²) in [5.41, 5.74) is 2.14. The van der Waals surface area contributed by atoms with Gasteiger partial charge in [-0.05, 0) is 56.2 Å². The van der Waals surface area contributed by atoms with E-state index >= 15 is 0 Å². The summed E-state index contributed by atoms with van der Waals surface area (Å²) in [4.78, 5) is 2.73. The average Bonchev–Trinajstić information content (AvgIpc) is 3.26. The Labute approximate surface area is 123 Å². The zero-order chi connectivity index (χ0) is 13.8. The van der Waals surface area contributed by atoms with Crippen molar-refractivity contribution in [3.63, 3.8) is 0 Å². The van der Waals surface area contributed by atoms with Crippen LogP contribution in [0.1, 0.15) is 38.2 Å². The molecule has 0 amide bonds. The predicted octanol–water partition coefficient (Wildman–Crippen LogP) is 3.08. The SMILES string of the molecule is CCC1(CN2CCCNC(Cc3ccccc3)C2)CC1. The summed E-state index contributed by atoms with van der Waals surface area (Å²) in [7, 11) is 0. The van der Waals surface area contributed by atoms with E-state index in [1.165, 1.54) is 57.4 Å². The van der Waals surface area contributed by atoms with E-state index < -0.39 is 0 Å². The molecule has 1 aliphatic heterocycles. The maximum absolute atomic E-state index is 3.74. The van der Waals surface area contributed by atoms with Crippen molar-refractivity contribution >= 4 is 0 Å². The van der Waals surface area contributed by atoms with Crippen molar-refractivity contribution < 1.29 is 0 Å². The molecular formula is C18H28N2.